The van der Waals surface area contributed by atoms with Crippen LogP contribution in [0.1, 0.15) is 31.7 Å². The van der Waals surface area contributed by atoms with Crippen LogP contribution in [0.3, 0.4) is 0 Å². The topological polar surface area (TPSA) is 64.2 Å². The van der Waals surface area contributed by atoms with Crippen molar-refractivity contribution in [1.29, 1.82) is 0 Å². The van der Waals surface area contributed by atoms with Gasteiger partial charge in [0, 0.05) is 13.1 Å². The smallest absolute Gasteiger partial charge is 0.329 e. The molecule has 106 valence electrons. The number of imidazole rings is 1. The van der Waals surface area contributed by atoms with Crippen LogP contribution in [0.2, 0.25) is 0 Å². The van der Waals surface area contributed by atoms with Crippen LogP contribution in [-0.2, 0) is 11.8 Å². The largest absolute Gasteiger partial charge is 0.481 e. The normalized spacial score (nSPS) is 23.1. The van der Waals surface area contributed by atoms with Crippen LogP contribution in [0.25, 0.3) is 11.0 Å². The highest BCUT2D eigenvalue weighted by molar-refractivity contribution is 5.76. The van der Waals surface area contributed by atoms with Gasteiger partial charge in [-0.05, 0) is 37.8 Å². The van der Waals surface area contributed by atoms with Crippen molar-refractivity contribution < 1.29 is 9.90 Å². The van der Waals surface area contributed by atoms with Gasteiger partial charge in [-0.3, -0.25) is 13.9 Å². The fourth-order valence-corrected chi connectivity index (χ4v) is 3.25. The van der Waals surface area contributed by atoms with Crippen molar-refractivity contribution in [3.05, 3.63) is 34.7 Å². The van der Waals surface area contributed by atoms with Crippen molar-refractivity contribution in [2.75, 3.05) is 0 Å². The van der Waals surface area contributed by atoms with E-state index in [0.29, 0.717) is 12.8 Å². The van der Waals surface area contributed by atoms with Gasteiger partial charge in [-0.25, -0.2) is 4.79 Å². The molecule has 0 saturated heterocycles. The number of carboxylic acid groups (broad SMARTS) is 1. The number of hydrogen-bond acceptors (Lipinski definition) is 2. The van der Waals surface area contributed by atoms with E-state index in [9.17, 15) is 9.59 Å². The highest BCUT2D eigenvalue weighted by Crippen LogP contribution is 2.33. The molecule has 1 saturated carbocycles. The van der Waals surface area contributed by atoms with Gasteiger partial charge in [0.25, 0.3) is 0 Å². The van der Waals surface area contributed by atoms with E-state index in [4.69, 9.17) is 5.11 Å². The second kappa shape index (κ2) is 4.81. The third-order valence-electron chi connectivity index (χ3n) is 4.41. The molecule has 0 bridgehead atoms. The monoisotopic (exact) mass is 274 g/mol. The highest BCUT2D eigenvalue weighted by Gasteiger charge is 2.28. The Balaban J connectivity index is 1.98. The van der Waals surface area contributed by atoms with Gasteiger partial charge in [-0.1, -0.05) is 12.1 Å². The van der Waals surface area contributed by atoms with Gasteiger partial charge >= 0.3 is 11.7 Å². The molecule has 0 radical (unpaired) electrons. The van der Waals surface area contributed by atoms with Gasteiger partial charge < -0.3 is 5.11 Å². The first-order valence-electron chi connectivity index (χ1n) is 6.98. The molecule has 0 aliphatic heterocycles. The second-order valence-electron chi connectivity index (χ2n) is 5.54. The Morgan fingerprint density at radius 3 is 2.35 bits per heavy atom. The SMILES string of the molecule is Cn1c(=O)n(C2CCC(C(=O)O)CC2)c2ccccc21. The molecule has 0 atom stereocenters. The van der Waals surface area contributed by atoms with E-state index in [1.165, 1.54) is 0 Å². The summed E-state index contributed by atoms with van der Waals surface area (Å²) in [5.41, 5.74) is 1.86. The summed E-state index contributed by atoms with van der Waals surface area (Å²) in [6, 6.07) is 7.87. The number of rotatable bonds is 2. The molecule has 3 rings (SSSR count). The van der Waals surface area contributed by atoms with Crippen molar-refractivity contribution in [2.45, 2.75) is 31.7 Å². The van der Waals surface area contributed by atoms with Crippen LogP contribution in [0.15, 0.2) is 29.1 Å². The van der Waals surface area contributed by atoms with Gasteiger partial charge in [-0.15, -0.1) is 0 Å². The first-order valence-corrected chi connectivity index (χ1v) is 6.98. The lowest BCUT2D eigenvalue weighted by Crippen LogP contribution is -2.30. The minimum atomic E-state index is -0.714. The minimum Gasteiger partial charge on any atom is -0.481 e. The summed E-state index contributed by atoms with van der Waals surface area (Å²) < 4.78 is 3.51. The number of aliphatic carboxylic acids is 1. The van der Waals surface area contributed by atoms with E-state index in [1.54, 1.807) is 11.6 Å². The van der Waals surface area contributed by atoms with E-state index in [0.717, 1.165) is 23.9 Å². The molecule has 1 aromatic carbocycles. The molecular weight excluding hydrogens is 256 g/mol. The van der Waals surface area contributed by atoms with E-state index in [2.05, 4.69) is 0 Å². The second-order valence-corrected chi connectivity index (χ2v) is 5.54. The summed E-state index contributed by atoms with van der Waals surface area (Å²) in [5.74, 6) is -0.967. The molecule has 1 fully saturated rings. The van der Waals surface area contributed by atoms with Crippen LogP contribution in [0.4, 0.5) is 0 Å². The number of aryl methyl sites for hydroxylation is 1. The van der Waals surface area contributed by atoms with Crippen molar-refractivity contribution in [2.24, 2.45) is 13.0 Å². The van der Waals surface area contributed by atoms with Crippen LogP contribution in [0.5, 0.6) is 0 Å². The number of carbonyl (C=O) groups is 1. The Morgan fingerprint density at radius 2 is 1.75 bits per heavy atom. The molecule has 0 amide bonds. The fraction of sp³-hybridized carbons (Fsp3) is 0.467. The van der Waals surface area contributed by atoms with Gasteiger partial charge in [0.05, 0.1) is 17.0 Å². The van der Waals surface area contributed by atoms with Crippen molar-refractivity contribution in [1.82, 2.24) is 9.13 Å². The van der Waals surface area contributed by atoms with Crippen LogP contribution in [0, 0.1) is 5.92 Å². The number of aromatic nitrogens is 2. The molecule has 0 spiro atoms. The molecule has 5 heteroatoms. The number of nitrogens with zero attached hydrogens (tertiary/aromatic N) is 2. The summed E-state index contributed by atoms with van der Waals surface area (Å²) in [7, 11) is 1.78. The Bertz CT molecular complexity index is 705. The third kappa shape index (κ3) is 1.94. The summed E-state index contributed by atoms with van der Waals surface area (Å²) in [5, 5.41) is 9.05. The maximum absolute atomic E-state index is 12.4. The maximum atomic E-state index is 12.4. The first-order chi connectivity index (χ1) is 9.59. The van der Waals surface area contributed by atoms with Gasteiger partial charge in [0.1, 0.15) is 0 Å². The summed E-state index contributed by atoms with van der Waals surface area (Å²) in [4.78, 5) is 23.4. The molecule has 2 aromatic rings. The third-order valence-corrected chi connectivity index (χ3v) is 4.41. The first kappa shape index (κ1) is 13.0. The Kier molecular flexibility index (Phi) is 3.12. The number of hydrogen-bond donors (Lipinski definition) is 1. The predicted molar refractivity (Wildman–Crippen MR) is 75.8 cm³/mol. The predicted octanol–water partition coefficient (Wildman–Crippen LogP) is 2.16. The Hall–Kier alpha value is -2.04. The Labute approximate surface area is 116 Å². The van der Waals surface area contributed by atoms with Gasteiger partial charge in [0.15, 0.2) is 0 Å². The zero-order valence-electron chi connectivity index (χ0n) is 11.5. The minimum absolute atomic E-state index is 0.00928. The van der Waals surface area contributed by atoms with E-state index >= 15 is 0 Å². The molecular formula is C15H18N2O3. The van der Waals surface area contributed by atoms with E-state index in [1.807, 2.05) is 28.8 Å². The molecule has 20 heavy (non-hydrogen) atoms. The summed E-state index contributed by atoms with van der Waals surface area (Å²) in [6.07, 6.45) is 2.81. The van der Waals surface area contributed by atoms with Crippen LogP contribution >= 0.6 is 0 Å². The molecule has 1 aliphatic rings. The molecule has 1 aliphatic carbocycles. The molecule has 5 nitrogen and oxygen atoms in total. The standard InChI is InChI=1S/C15H18N2O3/c1-16-12-4-2-3-5-13(12)17(15(16)20)11-8-6-10(7-9-11)14(18)19/h2-5,10-11H,6-9H2,1H3,(H,18,19). The summed E-state index contributed by atoms with van der Waals surface area (Å²) in [6.45, 7) is 0. The average Bonchev–Trinajstić information content (AvgIpc) is 2.72. The highest BCUT2D eigenvalue weighted by atomic mass is 16.4. The lowest BCUT2D eigenvalue weighted by atomic mass is 9.86. The molecule has 0 unspecified atom stereocenters. The van der Waals surface area contributed by atoms with Crippen molar-refractivity contribution in [3.63, 3.8) is 0 Å². The van der Waals surface area contributed by atoms with E-state index in [-0.39, 0.29) is 17.6 Å². The molecule has 1 N–H and O–H groups in total. The zero-order valence-corrected chi connectivity index (χ0v) is 11.5. The summed E-state index contributed by atoms with van der Waals surface area (Å²) >= 11 is 0. The Morgan fingerprint density at radius 1 is 1.15 bits per heavy atom. The quantitative estimate of drug-likeness (QED) is 0.912. The number of benzene rings is 1. The maximum Gasteiger partial charge on any atom is 0.329 e. The molecule has 1 aromatic heterocycles. The number of para-hydroxylation sites is 2. The van der Waals surface area contributed by atoms with Crippen LogP contribution in [-0.4, -0.2) is 20.2 Å². The zero-order chi connectivity index (χ0) is 14.3. The van der Waals surface area contributed by atoms with Crippen molar-refractivity contribution >= 4 is 17.0 Å². The lowest BCUT2D eigenvalue weighted by molar-refractivity contribution is -0.143. The van der Waals surface area contributed by atoms with Gasteiger partial charge in [0.2, 0.25) is 0 Å². The van der Waals surface area contributed by atoms with Gasteiger partial charge in [-0.2, -0.15) is 0 Å². The number of fused-ring (bicyclic) bond motifs is 1. The molecule has 1 heterocycles. The lowest BCUT2D eigenvalue weighted by Gasteiger charge is -2.27. The van der Waals surface area contributed by atoms with Crippen molar-refractivity contribution in [3.8, 4) is 0 Å². The average molecular weight is 274 g/mol. The fourth-order valence-electron chi connectivity index (χ4n) is 3.25. The number of carboxylic acids is 1. The van der Waals surface area contributed by atoms with Crippen LogP contribution < -0.4 is 5.69 Å². The van der Waals surface area contributed by atoms with E-state index < -0.39 is 5.97 Å².